The highest BCUT2D eigenvalue weighted by molar-refractivity contribution is 5.49. The predicted molar refractivity (Wildman–Crippen MR) is 59.2 cm³/mol. The Morgan fingerprint density at radius 1 is 1.38 bits per heavy atom. The van der Waals surface area contributed by atoms with E-state index in [0.717, 1.165) is 5.69 Å². The summed E-state index contributed by atoms with van der Waals surface area (Å²) in [7, 11) is 3.89. The molecule has 0 amide bonds. The second kappa shape index (κ2) is 4.71. The first-order valence-electron chi connectivity index (χ1n) is 4.88. The van der Waals surface area contributed by atoms with E-state index in [1.165, 1.54) is 0 Å². The molecule has 84 valence electrons. The number of nitrogens with one attached hydrogen (secondary N) is 1. The van der Waals surface area contributed by atoms with E-state index >= 15 is 0 Å². The van der Waals surface area contributed by atoms with Crippen LogP contribution in [0.5, 0.6) is 0 Å². The molecule has 0 aromatic carbocycles. The smallest absolute Gasteiger partial charge is 0.320 e. The minimum Gasteiger partial charge on any atom is -0.406 e. The number of hydrogen-bond acceptors (Lipinski definition) is 6. The van der Waals surface area contributed by atoms with Crippen molar-refractivity contribution < 1.29 is 4.42 Å². The Labute approximate surface area is 93.3 Å². The van der Waals surface area contributed by atoms with Gasteiger partial charge in [0.05, 0.1) is 18.4 Å². The Kier molecular flexibility index (Phi) is 3.11. The van der Waals surface area contributed by atoms with E-state index in [1.807, 2.05) is 31.1 Å². The topological polar surface area (TPSA) is 67.1 Å². The molecule has 0 saturated carbocycles. The van der Waals surface area contributed by atoms with Crippen molar-refractivity contribution in [2.75, 3.05) is 19.4 Å². The molecule has 0 aliphatic heterocycles. The van der Waals surface area contributed by atoms with Gasteiger partial charge in [0, 0.05) is 6.20 Å². The second-order valence-corrected chi connectivity index (χ2v) is 3.61. The minimum absolute atomic E-state index is 0.379. The van der Waals surface area contributed by atoms with Gasteiger partial charge < -0.3 is 14.6 Å². The maximum absolute atomic E-state index is 5.40. The van der Waals surface area contributed by atoms with Crippen LogP contribution in [0, 0.1) is 0 Å². The van der Waals surface area contributed by atoms with Crippen molar-refractivity contribution in [3.8, 4) is 0 Å². The standard InChI is InChI=1S/C10H13N5O/c1-15(2)7-9-13-14-10(16-9)12-8-4-3-5-11-6-8/h3-6H,7H2,1-2H3,(H,12,14). The fourth-order valence-electron chi connectivity index (χ4n) is 1.20. The summed E-state index contributed by atoms with van der Waals surface area (Å²) < 4.78 is 5.40. The van der Waals surface area contributed by atoms with Crippen molar-refractivity contribution in [2.24, 2.45) is 0 Å². The molecule has 16 heavy (non-hydrogen) atoms. The third-order valence-corrected chi connectivity index (χ3v) is 1.83. The molecule has 2 heterocycles. The van der Waals surface area contributed by atoms with Crippen LogP contribution in [0.15, 0.2) is 28.9 Å². The SMILES string of the molecule is CN(C)Cc1nnc(Nc2cccnc2)o1. The van der Waals surface area contributed by atoms with Crippen LogP contribution in [0.4, 0.5) is 11.7 Å². The molecule has 0 radical (unpaired) electrons. The van der Waals surface area contributed by atoms with Gasteiger partial charge in [-0.15, -0.1) is 5.10 Å². The zero-order chi connectivity index (χ0) is 11.4. The van der Waals surface area contributed by atoms with Crippen LogP contribution in [0.3, 0.4) is 0 Å². The van der Waals surface area contributed by atoms with E-state index in [2.05, 4.69) is 20.5 Å². The van der Waals surface area contributed by atoms with Gasteiger partial charge in [0.25, 0.3) is 0 Å². The van der Waals surface area contributed by atoms with Gasteiger partial charge in [-0.1, -0.05) is 5.10 Å². The van der Waals surface area contributed by atoms with Crippen molar-refractivity contribution in [2.45, 2.75) is 6.54 Å². The van der Waals surface area contributed by atoms with Crippen molar-refractivity contribution in [3.05, 3.63) is 30.4 Å². The Hall–Kier alpha value is -1.95. The van der Waals surface area contributed by atoms with Crippen molar-refractivity contribution in [3.63, 3.8) is 0 Å². The molecule has 6 heteroatoms. The molecule has 6 nitrogen and oxygen atoms in total. The number of pyridine rings is 1. The van der Waals surface area contributed by atoms with Crippen molar-refractivity contribution in [1.82, 2.24) is 20.1 Å². The van der Waals surface area contributed by atoms with Gasteiger partial charge in [-0.3, -0.25) is 4.98 Å². The van der Waals surface area contributed by atoms with Crippen LogP contribution in [0.1, 0.15) is 5.89 Å². The summed E-state index contributed by atoms with van der Waals surface area (Å²) in [6.07, 6.45) is 3.40. The van der Waals surface area contributed by atoms with Crippen LogP contribution < -0.4 is 5.32 Å². The maximum Gasteiger partial charge on any atom is 0.320 e. The average Bonchev–Trinajstić information content (AvgIpc) is 2.66. The molecule has 2 aromatic rings. The van der Waals surface area contributed by atoms with Gasteiger partial charge in [-0.2, -0.15) is 0 Å². The zero-order valence-corrected chi connectivity index (χ0v) is 9.21. The van der Waals surface area contributed by atoms with Crippen LogP contribution in [0.25, 0.3) is 0 Å². The lowest BCUT2D eigenvalue weighted by molar-refractivity contribution is 0.345. The minimum atomic E-state index is 0.379. The van der Waals surface area contributed by atoms with Crippen LogP contribution in [0.2, 0.25) is 0 Å². The lowest BCUT2D eigenvalue weighted by atomic mass is 10.4. The Balaban J connectivity index is 2.03. The summed E-state index contributed by atoms with van der Waals surface area (Å²) in [5, 5.41) is 10.8. The first-order chi connectivity index (χ1) is 7.74. The third-order valence-electron chi connectivity index (χ3n) is 1.83. The van der Waals surface area contributed by atoms with Gasteiger partial charge in [0.15, 0.2) is 0 Å². The Morgan fingerprint density at radius 2 is 2.25 bits per heavy atom. The summed E-state index contributed by atoms with van der Waals surface area (Å²) in [6.45, 7) is 0.627. The van der Waals surface area contributed by atoms with Crippen molar-refractivity contribution >= 4 is 11.7 Å². The van der Waals surface area contributed by atoms with Gasteiger partial charge in [0.2, 0.25) is 5.89 Å². The zero-order valence-electron chi connectivity index (χ0n) is 9.21. The fourth-order valence-corrected chi connectivity index (χ4v) is 1.20. The molecule has 0 spiro atoms. The summed E-state index contributed by atoms with van der Waals surface area (Å²) >= 11 is 0. The summed E-state index contributed by atoms with van der Waals surface area (Å²) in [6, 6.07) is 4.09. The van der Waals surface area contributed by atoms with E-state index < -0.39 is 0 Å². The fraction of sp³-hybridized carbons (Fsp3) is 0.300. The Bertz CT molecular complexity index is 439. The van der Waals surface area contributed by atoms with E-state index in [-0.39, 0.29) is 0 Å². The number of anilines is 2. The molecule has 0 saturated heterocycles. The Morgan fingerprint density at radius 3 is 2.94 bits per heavy atom. The molecular formula is C10H13N5O. The molecule has 2 rings (SSSR count). The van der Waals surface area contributed by atoms with E-state index in [0.29, 0.717) is 18.5 Å². The second-order valence-electron chi connectivity index (χ2n) is 3.61. The number of nitrogens with zero attached hydrogens (tertiary/aromatic N) is 4. The first kappa shape index (κ1) is 10.6. The largest absolute Gasteiger partial charge is 0.406 e. The molecule has 0 bridgehead atoms. The number of rotatable bonds is 4. The van der Waals surface area contributed by atoms with Crippen molar-refractivity contribution in [1.29, 1.82) is 0 Å². The lowest BCUT2D eigenvalue weighted by Gasteiger charge is -2.03. The summed E-state index contributed by atoms with van der Waals surface area (Å²) in [4.78, 5) is 5.94. The van der Waals surface area contributed by atoms with E-state index in [9.17, 15) is 0 Å². The van der Waals surface area contributed by atoms with Gasteiger partial charge in [-0.05, 0) is 26.2 Å². The van der Waals surface area contributed by atoms with Gasteiger partial charge >= 0.3 is 6.01 Å². The highest BCUT2D eigenvalue weighted by Gasteiger charge is 2.06. The monoisotopic (exact) mass is 219 g/mol. The molecule has 0 atom stereocenters. The molecule has 0 aliphatic rings. The molecule has 0 aliphatic carbocycles. The molecule has 0 unspecified atom stereocenters. The molecule has 0 fully saturated rings. The van der Waals surface area contributed by atoms with Crippen LogP contribution in [-0.2, 0) is 6.54 Å². The highest BCUT2D eigenvalue weighted by Crippen LogP contribution is 2.13. The van der Waals surface area contributed by atoms with E-state index in [1.54, 1.807) is 12.4 Å². The highest BCUT2D eigenvalue weighted by atomic mass is 16.4. The summed E-state index contributed by atoms with van der Waals surface area (Å²) in [5.41, 5.74) is 0.822. The lowest BCUT2D eigenvalue weighted by Crippen LogP contribution is -2.10. The van der Waals surface area contributed by atoms with Crippen LogP contribution >= 0.6 is 0 Å². The van der Waals surface area contributed by atoms with Gasteiger partial charge in [0.1, 0.15) is 0 Å². The molecular weight excluding hydrogens is 206 g/mol. The normalized spacial score (nSPS) is 10.7. The van der Waals surface area contributed by atoms with Gasteiger partial charge in [-0.25, -0.2) is 0 Å². The molecule has 1 N–H and O–H groups in total. The summed E-state index contributed by atoms with van der Waals surface area (Å²) in [5.74, 6) is 0.580. The average molecular weight is 219 g/mol. The van der Waals surface area contributed by atoms with Crippen LogP contribution in [-0.4, -0.2) is 34.2 Å². The third kappa shape index (κ3) is 2.77. The molecule has 2 aromatic heterocycles. The number of hydrogen-bond donors (Lipinski definition) is 1. The number of aromatic nitrogens is 3. The first-order valence-corrected chi connectivity index (χ1v) is 4.88. The van der Waals surface area contributed by atoms with E-state index in [4.69, 9.17) is 4.42 Å². The quantitative estimate of drug-likeness (QED) is 0.835. The maximum atomic E-state index is 5.40. The predicted octanol–water partition coefficient (Wildman–Crippen LogP) is 1.27.